The third-order valence-corrected chi connectivity index (χ3v) is 5.49. The van der Waals surface area contributed by atoms with E-state index in [0.717, 1.165) is 73.3 Å². The molecule has 2 fully saturated rings. The van der Waals surface area contributed by atoms with Crippen LogP contribution in [0.15, 0.2) is 36.4 Å². The molecule has 2 aromatic heterocycles. The summed E-state index contributed by atoms with van der Waals surface area (Å²) in [6.07, 6.45) is 0. The lowest BCUT2D eigenvalue weighted by atomic mass is 10.1. The Kier molecular flexibility index (Phi) is 5.52. The predicted molar refractivity (Wildman–Crippen MR) is 112 cm³/mol. The van der Waals surface area contributed by atoms with Crippen molar-refractivity contribution in [2.75, 3.05) is 57.5 Å². The Bertz CT molecular complexity index is 1020. The van der Waals surface area contributed by atoms with Gasteiger partial charge >= 0.3 is 0 Å². The van der Waals surface area contributed by atoms with Crippen LogP contribution >= 0.6 is 0 Å². The molecule has 0 unspecified atom stereocenters. The summed E-state index contributed by atoms with van der Waals surface area (Å²) in [5, 5.41) is 0. The van der Waals surface area contributed by atoms with Gasteiger partial charge in [-0.3, -0.25) is 4.90 Å². The van der Waals surface area contributed by atoms with Crippen molar-refractivity contribution in [2.24, 2.45) is 0 Å². The molecule has 0 bridgehead atoms. The van der Waals surface area contributed by atoms with Gasteiger partial charge < -0.3 is 14.4 Å². The van der Waals surface area contributed by atoms with Crippen molar-refractivity contribution >= 4 is 16.9 Å². The molecule has 0 aliphatic carbocycles. The monoisotopic (exact) mass is 409 g/mol. The van der Waals surface area contributed by atoms with Gasteiger partial charge in [0.25, 0.3) is 0 Å². The molecule has 0 spiro atoms. The highest BCUT2D eigenvalue weighted by Gasteiger charge is 2.20. The van der Waals surface area contributed by atoms with Gasteiger partial charge in [0.1, 0.15) is 17.2 Å². The van der Waals surface area contributed by atoms with Crippen molar-refractivity contribution in [2.45, 2.75) is 6.54 Å². The Labute approximate surface area is 174 Å². The van der Waals surface area contributed by atoms with Gasteiger partial charge in [-0.25, -0.2) is 19.3 Å². The van der Waals surface area contributed by atoms with E-state index in [9.17, 15) is 4.39 Å². The van der Waals surface area contributed by atoms with Crippen LogP contribution in [-0.4, -0.2) is 72.5 Å². The molecule has 2 aliphatic rings. The van der Waals surface area contributed by atoms with Crippen LogP contribution in [0.2, 0.25) is 0 Å². The molecular formula is C22H24FN5O2. The fourth-order valence-corrected chi connectivity index (χ4v) is 3.85. The van der Waals surface area contributed by atoms with Gasteiger partial charge in [-0.1, -0.05) is 0 Å². The van der Waals surface area contributed by atoms with Crippen molar-refractivity contribution in [3.63, 3.8) is 0 Å². The van der Waals surface area contributed by atoms with E-state index in [0.29, 0.717) is 19.8 Å². The maximum Gasteiger partial charge on any atom is 0.159 e. The van der Waals surface area contributed by atoms with E-state index in [1.54, 1.807) is 12.1 Å². The average molecular weight is 409 g/mol. The highest BCUT2D eigenvalue weighted by Crippen LogP contribution is 2.27. The minimum Gasteiger partial charge on any atom is -0.379 e. The SMILES string of the molecule is Fc1ccc(-c2ccc3nc(CN4CCOCC4)nc(N4CCOCC4)c3n2)cc1. The first kappa shape index (κ1) is 19.3. The van der Waals surface area contributed by atoms with Crippen molar-refractivity contribution < 1.29 is 13.9 Å². The number of benzene rings is 1. The Balaban J connectivity index is 1.55. The fraction of sp³-hybridized carbons (Fsp3) is 0.409. The average Bonchev–Trinajstić information content (AvgIpc) is 2.80. The molecule has 4 heterocycles. The summed E-state index contributed by atoms with van der Waals surface area (Å²) >= 11 is 0. The van der Waals surface area contributed by atoms with Crippen LogP contribution in [0.3, 0.4) is 0 Å². The van der Waals surface area contributed by atoms with Crippen LogP contribution in [0.25, 0.3) is 22.3 Å². The van der Waals surface area contributed by atoms with E-state index < -0.39 is 0 Å². The van der Waals surface area contributed by atoms with Crippen LogP contribution in [0.1, 0.15) is 5.82 Å². The number of hydrogen-bond acceptors (Lipinski definition) is 7. The first-order valence-corrected chi connectivity index (χ1v) is 10.3. The first-order chi connectivity index (χ1) is 14.8. The molecule has 0 radical (unpaired) electrons. The lowest BCUT2D eigenvalue weighted by Crippen LogP contribution is -2.38. The molecule has 7 nitrogen and oxygen atoms in total. The number of anilines is 1. The number of pyridine rings is 1. The summed E-state index contributed by atoms with van der Waals surface area (Å²) in [5.41, 5.74) is 3.23. The molecule has 8 heteroatoms. The number of nitrogens with zero attached hydrogens (tertiary/aromatic N) is 5. The number of aromatic nitrogens is 3. The predicted octanol–water partition coefficient (Wildman–Crippen LogP) is 2.50. The number of hydrogen-bond donors (Lipinski definition) is 0. The van der Waals surface area contributed by atoms with Gasteiger partial charge in [-0.15, -0.1) is 0 Å². The van der Waals surface area contributed by atoms with Crippen LogP contribution < -0.4 is 4.90 Å². The van der Waals surface area contributed by atoms with E-state index in [-0.39, 0.29) is 5.82 Å². The Hall–Kier alpha value is -2.68. The third-order valence-electron chi connectivity index (χ3n) is 5.49. The minimum atomic E-state index is -0.260. The van der Waals surface area contributed by atoms with Gasteiger partial charge in [-0.05, 0) is 36.4 Å². The van der Waals surface area contributed by atoms with Gasteiger partial charge in [0.15, 0.2) is 5.82 Å². The molecule has 5 rings (SSSR count). The molecular weight excluding hydrogens is 385 g/mol. The maximum absolute atomic E-state index is 13.3. The summed E-state index contributed by atoms with van der Waals surface area (Å²) in [7, 11) is 0. The minimum absolute atomic E-state index is 0.260. The molecule has 30 heavy (non-hydrogen) atoms. The summed E-state index contributed by atoms with van der Waals surface area (Å²) in [5.74, 6) is 1.38. The largest absolute Gasteiger partial charge is 0.379 e. The van der Waals surface area contributed by atoms with E-state index >= 15 is 0 Å². The second-order valence-electron chi connectivity index (χ2n) is 7.52. The van der Waals surface area contributed by atoms with E-state index in [4.69, 9.17) is 24.4 Å². The number of ether oxygens (including phenoxy) is 2. The summed E-state index contributed by atoms with van der Waals surface area (Å²) in [6, 6.07) is 10.3. The zero-order valence-corrected chi connectivity index (χ0v) is 16.8. The molecule has 0 saturated carbocycles. The van der Waals surface area contributed by atoms with Crippen LogP contribution in [0.4, 0.5) is 10.2 Å². The van der Waals surface area contributed by atoms with Gasteiger partial charge in [0.2, 0.25) is 0 Å². The van der Waals surface area contributed by atoms with Gasteiger partial charge in [-0.2, -0.15) is 0 Å². The zero-order chi connectivity index (χ0) is 20.3. The van der Waals surface area contributed by atoms with Crippen LogP contribution in [0.5, 0.6) is 0 Å². The number of halogens is 1. The highest BCUT2D eigenvalue weighted by molar-refractivity contribution is 5.87. The summed E-state index contributed by atoms with van der Waals surface area (Å²) in [6.45, 7) is 6.82. The molecule has 3 aromatic rings. The molecule has 156 valence electrons. The molecule has 0 amide bonds. The van der Waals surface area contributed by atoms with E-state index in [2.05, 4.69) is 9.80 Å². The summed E-state index contributed by atoms with van der Waals surface area (Å²) < 4.78 is 24.3. The standard InChI is InChI=1S/C22H24FN5O2/c23-17-3-1-16(2-4-17)18-5-6-19-21(25-18)22(28-9-13-30-14-10-28)26-20(24-19)15-27-7-11-29-12-8-27/h1-6H,7-15H2. The number of fused-ring (bicyclic) bond motifs is 1. The lowest BCUT2D eigenvalue weighted by molar-refractivity contribution is 0.0331. The Morgan fingerprint density at radius 2 is 1.50 bits per heavy atom. The van der Waals surface area contributed by atoms with Gasteiger partial charge in [0.05, 0.1) is 44.2 Å². The number of rotatable bonds is 4. The topological polar surface area (TPSA) is 63.6 Å². The lowest BCUT2D eigenvalue weighted by Gasteiger charge is -2.29. The highest BCUT2D eigenvalue weighted by atomic mass is 19.1. The first-order valence-electron chi connectivity index (χ1n) is 10.3. The smallest absolute Gasteiger partial charge is 0.159 e. The second-order valence-corrected chi connectivity index (χ2v) is 7.52. The Morgan fingerprint density at radius 3 is 2.23 bits per heavy atom. The molecule has 2 saturated heterocycles. The summed E-state index contributed by atoms with van der Waals surface area (Å²) in [4.78, 5) is 19.1. The third kappa shape index (κ3) is 4.12. The maximum atomic E-state index is 13.3. The quantitative estimate of drug-likeness (QED) is 0.656. The van der Waals surface area contributed by atoms with Crippen molar-refractivity contribution in [3.8, 4) is 11.3 Å². The molecule has 0 N–H and O–H groups in total. The van der Waals surface area contributed by atoms with Crippen molar-refractivity contribution in [1.29, 1.82) is 0 Å². The normalized spacial score (nSPS) is 18.1. The van der Waals surface area contributed by atoms with E-state index in [1.807, 2.05) is 12.1 Å². The zero-order valence-electron chi connectivity index (χ0n) is 16.8. The van der Waals surface area contributed by atoms with Crippen LogP contribution in [-0.2, 0) is 16.0 Å². The van der Waals surface area contributed by atoms with Crippen molar-refractivity contribution in [1.82, 2.24) is 19.9 Å². The van der Waals surface area contributed by atoms with Gasteiger partial charge in [0, 0.05) is 31.7 Å². The fourth-order valence-electron chi connectivity index (χ4n) is 3.85. The van der Waals surface area contributed by atoms with Crippen molar-refractivity contribution in [3.05, 3.63) is 48.0 Å². The van der Waals surface area contributed by atoms with Crippen LogP contribution in [0, 0.1) is 5.82 Å². The second kappa shape index (κ2) is 8.59. The number of morpholine rings is 2. The Morgan fingerprint density at radius 1 is 0.800 bits per heavy atom. The molecule has 1 aromatic carbocycles. The molecule has 0 atom stereocenters. The van der Waals surface area contributed by atoms with E-state index in [1.165, 1.54) is 12.1 Å². The molecule has 2 aliphatic heterocycles.